The fourth-order valence-corrected chi connectivity index (χ4v) is 0.553. The summed E-state index contributed by atoms with van der Waals surface area (Å²) in [6.45, 7) is 1.11. The molecule has 0 aromatic heterocycles. The average Bonchev–Trinajstić information content (AvgIpc) is 2.01. The van der Waals surface area contributed by atoms with Crippen molar-refractivity contribution in [3.63, 3.8) is 0 Å². The number of nitrogens with zero attached hydrogens (tertiary/aromatic N) is 1. The second-order valence-corrected chi connectivity index (χ2v) is 4.19. The molecule has 17 heavy (non-hydrogen) atoms. The fraction of sp³-hybridized carbons (Fsp3) is 0.778. The number of aliphatic hydroxyl groups excluding tert-OH is 2. The van der Waals surface area contributed by atoms with Gasteiger partial charge < -0.3 is 24.9 Å². The van der Waals surface area contributed by atoms with Gasteiger partial charge >= 0.3 is 11.9 Å². The summed E-state index contributed by atoms with van der Waals surface area (Å²) in [7, 11) is 6.16. The fourth-order valence-electron chi connectivity index (χ4n) is 0.553. The third-order valence-corrected chi connectivity index (χ3v) is 1.42. The van der Waals surface area contributed by atoms with Gasteiger partial charge in [0.25, 0.3) is 0 Å². The number of carboxylic acids is 2. The number of hydrogen-bond acceptors (Lipinski definition) is 4. The van der Waals surface area contributed by atoms with Crippen LogP contribution in [0.15, 0.2) is 0 Å². The molecule has 7 nitrogen and oxygen atoms in total. The van der Waals surface area contributed by atoms with E-state index >= 15 is 0 Å². The van der Waals surface area contributed by atoms with Crippen molar-refractivity contribution in [3.8, 4) is 0 Å². The first-order chi connectivity index (χ1) is 7.10. The SMILES string of the molecule is C[N+](C)(C)CCO.Cl.O=C(O)CC(O)C(=O)O. The first-order valence-electron chi connectivity index (χ1n) is 4.64. The molecule has 0 saturated heterocycles. The Morgan fingerprint density at radius 1 is 1.18 bits per heavy atom. The van der Waals surface area contributed by atoms with Crippen molar-refractivity contribution in [3.05, 3.63) is 0 Å². The molecule has 0 aliphatic rings. The van der Waals surface area contributed by atoms with Gasteiger partial charge in [-0.25, -0.2) is 4.79 Å². The predicted octanol–water partition coefficient (Wildman–Crippen LogP) is -0.987. The first-order valence-corrected chi connectivity index (χ1v) is 4.64. The van der Waals surface area contributed by atoms with E-state index < -0.39 is 24.5 Å². The maximum atomic E-state index is 9.72. The summed E-state index contributed by atoms with van der Waals surface area (Å²) in [6, 6.07) is 0. The van der Waals surface area contributed by atoms with E-state index in [1.165, 1.54) is 0 Å². The standard InChI is InChI=1S/C5H14NO.C4H6O5.ClH/c1-6(2,3)4-5-7;5-2(4(8)9)1-3(6)7;/h7H,4-5H2,1-3H3;2,5H,1H2,(H,6,7)(H,8,9);1H/q+1;;. The topological polar surface area (TPSA) is 115 Å². The Bertz CT molecular complexity index is 228. The molecule has 0 bridgehead atoms. The lowest BCUT2D eigenvalue weighted by molar-refractivity contribution is -0.870. The van der Waals surface area contributed by atoms with Crippen LogP contribution in [0.5, 0.6) is 0 Å². The molecule has 0 heterocycles. The normalized spacial score (nSPS) is 11.6. The number of carbonyl (C=O) groups is 2. The van der Waals surface area contributed by atoms with E-state index in [9.17, 15) is 9.59 Å². The van der Waals surface area contributed by atoms with E-state index in [1.807, 2.05) is 0 Å². The van der Waals surface area contributed by atoms with Crippen molar-refractivity contribution in [2.75, 3.05) is 34.3 Å². The lowest BCUT2D eigenvalue weighted by Gasteiger charge is -2.21. The Morgan fingerprint density at radius 2 is 1.59 bits per heavy atom. The highest BCUT2D eigenvalue weighted by molar-refractivity contribution is 5.85. The number of rotatable bonds is 5. The highest BCUT2D eigenvalue weighted by Crippen LogP contribution is 1.89. The molecule has 0 aliphatic heterocycles. The van der Waals surface area contributed by atoms with Crippen molar-refractivity contribution >= 4 is 24.3 Å². The van der Waals surface area contributed by atoms with Gasteiger partial charge in [0.1, 0.15) is 6.54 Å². The number of quaternary nitrogens is 1. The van der Waals surface area contributed by atoms with Gasteiger partial charge in [-0.05, 0) is 0 Å². The summed E-state index contributed by atoms with van der Waals surface area (Å²) >= 11 is 0. The molecule has 0 saturated carbocycles. The van der Waals surface area contributed by atoms with E-state index in [2.05, 4.69) is 21.1 Å². The van der Waals surface area contributed by atoms with Crippen LogP contribution >= 0.6 is 12.4 Å². The van der Waals surface area contributed by atoms with Gasteiger partial charge in [0.05, 0.1) is 34.2 Å². The quantitative estimate of drug-likeness (QED) is 0.479. The zero-order chi connectivity index (χ0) is 13.4. The maximum Gasteiger partial charge on any atom is 0.333 e. The van der Waals surface area contributed by atoms with Gasteiger partial charge in [-0.15, -0.1) is 12.4 Å². The van der Waals surface area contributed by atoms with Gasteiger partial charge in [0.2, 0.25) is 0 Å². The Labute approximate surface area is 106 Å². The third-order valence-electron chi connectivity index (χ3n) is 1.42. The molecule has 0 amide bonds. The molecule has 0 aromatic carbocycles. The smallest absolute Gasteiger partial charge is 0.333 e. The molecule has 104 valence electrons. The summed E-state index contributed by atoms with van der Waals surface area (Å²) < 4.78 is 0.844. The Morgan fingerprint density at radius 3 is 1.65 bits per heavy atom. The van der Waals surface area contributed by atoms with Crippen LogP contribution in [-0.2, 0) is 9.59 Å². The van der Waals surface area contributed by atoms with E-state index in [0.29, 0.717) is 0 Å². The first kappa shape index (κ1) is 21.4. The summed E-state index contributed by atoms with van der Waals surface area (Å²) in [5.74, 6) is -2.85. The number of likely N-dealkylation sites (N-methyl/N-ethyl adjacent to an activating group) is 1. The molecule has 0 aliphatic carbocycles. The zero-order valence-electron chi connectivity index (χ0n) is 10.2. The lowest BCUT2D eigenvalue weighted by atomic mass is 10.3. The monoisotopic (exact) mass is 274 g/mol. The van der Waals surface area contributed by atoms with Crippen LogP contribution in [0, 0.1) is 0 Å². The van der Waals surface area contributed by atoms with E-state index in [1.54, 1.807) is 0 Å². The average molecular weight is 275 g/mol. The van der Waals surface area contributed by atoms with Crippen LogP contribution in [0.25, 0.3) is 0 Å². The van der Waals surface area contributed by atoms with E-state index in [4.69, 9.17) is 20.4 Å². The zero-order valence-corrected chi connectivity index (χ0v) is 11.0. The molecule has 0 rings (SSSR count). The van der Waals surface area contributed by atoms with Gasteiger partial charge in [-0.1, -0.05) is 0 Å². The highest BCUT2D eigenvalue weighted by Gasteiger charge is 2.16. The minimum Gasteiger partial charge on any atom is -0.481 e. The van der Waals surface area contributed by atoms with Crippen LogP contribution in [0.2, 0.25) is 0 Å². The van der Waals surface area contributed by atoms with Gasteiger partial charge in [-0.2, -0.15) is 0 Å². The molecule has 0 spiro atoms. The second-order valence-electron chi connectivity index (χ2n) is 4.19. The van der Waals surface area contributed by atoms with Crippen LogP contribution in [-0.4, -0.2) is 77.2 Å². The lowest BCUT2D eigenvalue weighted by Crippen LogP contribution is -2.36. The van der Waals surface area contributed by atoms with Crippen LogP contribution in [0.3, 0.4) is 0 Å². The molecular formula is C9H21ClNO6+. The van der Waals surface area contributed by atoms with Gasteiger partial charge in [0, 0.05) is 0 Å². The van der Waals surface area contributed by atoms with Crippen molar-refractivity contribution in [1.29, 1.82) is 0 Å². The summed E-state index contributed by atoms with van der Waals surface area (Å²) in [5.41, 5.74) is 0. The number of halogens is 1. The highest BCUT2D eigenvalue weighted by atomic mass is 35.5. The molecule has 0 radical (unpaired) electrons. The summed E-state index contributed by atoms with van der Waals surface area (Å²) in [5, 5.41) is 32.5. The van der Waals surface area contributed by atoms with E-state index in [0.717, 1.165) is 11.0 Å². The second kappa shape index (κ2) is 10.3. The Hall–Kier alpha value is -0.890. The number of aliphatic carboxylic acids is 2. The Kier molecular flexibility index (Phi) is 12.9. The summed E-state index contributed by atoms with van der Waals surface area (Å²) in [4.78, 5) is 19.4. The number of aliphatic hydroxyl groups is 2. The third kappa shape index (κ3) is 21.0. The minimum atomic E-state index is -1.79. The van der Waals surface area contributed by atoms with Crippen LogP contribution in [0.1, 0.15) is 6.42 Å². The molecule has 0 fully saturated rings. The molecule has 4 N–H and O–H groups in total. The van der Waals surface area contributed by atoms with Gasteiger partial charge in [-0.3, -0.25) is 4.79 Å². The van der Waals surface area contributed by atoms with Crippen molar-refractivity contribution in [1.82, 2.24) is 0 Å². The number of hydrogen-bond donors (Lipinski definition) is 4. The molecular weight excluding hydrogens is 254 g/mol. The van der Waals surface area contributed by atoms with Crippen LogP contribution < -0.4 is 0 Å². The maximum absolute atomic E-state index is 9.72. The molecule has 1 unspecified atom stereocenters. The minimum absolute atomic E-state index is 0. The molecule has 8 heteroatoms. The molecule has 0 aromatic rings. The summed E-state index contributed by atoms with van der Waals surface area (Å²) in [6.07, 6.45) is -2.54. The van der Waals surface area contributed by atoms with Gasteiger partial charge in [0.15, 0.2) is 6.10 Å². The Balaban J connectivity index is -0.000000224. The molecule has 1 atom stereocenters. The van der Waals surface area contributed by atoms with E-state index in [-0.39, 0.29) is 19.0 Å². The predicted molar refractivity (Wildman–Crippen MR) is 63.1 cm³/mol. The van der Waals surface area contributed by atoms with Crippen molar-refractivity contribution < 1.29 is 34.5 Å². The van der Waals surface area contributed by atoms with Crippen molar-refractivity contribution in [2.45, 2.75) is 12.5 Å². The largest absolute Gasteiger partial charge is 0.481 e. The number of carboxylic acid groups (broad SMARTS) is 2. The van der Waals surface area contributed by atoms with Crippen molar-refractivity contribution in [2.24, 2.45) is 0 Å². The van der Waals surface area contributed by atoms with Crippen LogP contribution in [0.4, 0.5) is 0 Å².